The predicted octanol–water partition coefficient (Wildman–Crippen LogP) is 4.95. The molecule has 0 unspecified atom stereocenters. The standard InChI is InChI=1S/C21H17BrN4O2/c22-18-11-16(5-8-19(18)27-17-6-7-17)21-24-20(25-28-21)15-3-1-14(2-4-15)12-26-10-9-23-13-26/h1-5,8-11,13,17H,6-7,12H2. The first-order valence-electron chi connectivity index (χ1n) is 9.10. The molecule has 1 aliphatic carbocycles. The first-order chi connectivity index (χ1) is 13.7. The first kappa shape index (κ1) is 17.2. The third kappa shape index (κ3) is 3.71. The van der Waals surface area contributed by atoms with Crippen LogP contribution in [-0.4, -0.2) is 25.8 Å². The monoisotopic (exact) mass is 436 g/mol. The first-order valence-corrected chi connectivity index (χ1v) is 9.89. The molecule has 0 N–H and O–H groups in total. The van der Waals surface area contributed by atoms with E-state index in [0.29, 0.717) is 17.8 Å². The van der Waals surface area contributed by atoms with Crippen LogP contribution >= 0.6 is 15.9 Å². The van der Waals surface area contributed by atoms with E-state index in [1.54, 1.807) is 12.5 Å². The number of nitrogens with zero attached hydrogens (tertiary/aromatic N) is 4. The predicted molar refractivity (Wildman–Crippen MR) is 108 cm³/mol. The zero-order chi connectivity index (χ0) is 18.9. The van der Waals surface area contributed by atoms with E-state index in [9.17, 15) is 0 Å². The number of hydrogen-bond acceptors (Lipinski definition) is 5. The number of aromatic nitrogens is 4. The molecule has 2 aromatic heterocycles. The number of imidazole rings is 1. The van der Waals surface area contributed by atoms with E-state index in [-0.39, 0.29) is 0 Å². The molecular weight excluding hydrogens is 420 g/mol. The largest absolute Gasteiger partial charge is 0.489 e. The Bertz CT molecular complexity index is 1090. The lowest BCUT2D eigenvalue weighted by molar-refractivity contribution is 0.301. The summed E-state index contributed by atoms with van der Waals surface area (Å²) in [6.45, 7) is 0.779. The summed E-state index contributed by atoms with van der Waals surface area (Å²) >= 11 is 3.56. The molecule has 0 amide bonds. The average molecular weight is 437 g/mol. The molecule has 28 heavy (non-hydrogen) atoms. The molecule has 1 saturated carbocycles. The van der Waals surface area contributed by atoms with Crippen LogP contribution in [0.15, 0.2) is 70.2 Å². The van der Waals surface area contributed by atoms with Crippen LogP contribution in [0, 0.1) is 0 Å². The summed E-state index contributed by atoms with van der Waals surface area (Å²) in [5.41, 5.74) is 2.95. The van der Waals surface area contributed by atoms with Gasteiger partial charge in [0.15, 0.2) is 0 Å². The van der Waals surface area contributed by atoms with E-state index in [0.717, 1.165) is 40.7 Å². The van der Waals surface area contributed by atoms with Gasteiger partial charge in [-0.25, -0.2) is 4.98 Å². The van der Waals surface area contributed by atoms with Crippen molar-refractivity contribution in [3.8, 4) is 28.6 Å². The highest BCUT2D eigenvalue weighted by Gasteiger charge is 2.24. The van der Waals surface area contributed by atoms with Gasteiger partial charge in [0.1, 0.15) is 5.75 Å². The van der Waals surface area contributed by atoms with Crippen LogP contribution in [0.25, 0.3) is 22.8 Å². The van der Waals surface area contributed by atoms with Gasteiger partial charge in [-0.05, 0) is 52.5 Å². The SMILES string of the molecule is Brc1cc(-c2nc(-c3ccc(Cn4ccnc4)cc3)no2)ccc1OC1CC1. The molecule has 0 aliphatic heterocycles. The van der Waals surface area contributed by atoms with Crippen molar-refractivity contribution in [1.29, 1.82) is 0 Å². The summed E-state index contributed by atoms with van der Waals surface area (Å²) < 4.78 is 14.2. The van der Waals surface area contributed by atoms with E-state index >= 15 is 0 Å². The summed E-state index contributed by atoms with van der Waals surface area (Å²) in [5, 5.41) is 4.13. The van der Waals surface area contributed by atoms with Gasteiger partial charge in [-0.1, -0.05) is 29.4 Å². The number of hydrogen-bond donors (Lipinski definition) is 0. The molecule has 6 nitrogen and oxygen atoms in total. The highest BCUT2D eigenvalue weighted by molar-refractivity contribution is 9.10. The Morgan fingerprint density at radius 3 is 2.64 bits per heavy atom. The van der Waals surface area contributed by atoms with Gasteiger partial charge in [0.25, 0.3) is 5.89 Å². The molecule has 0 atom stereocenters. The minimum Gasteiger partial charge on any atom is -0.489 e. The van der Waals surface area contributed by atoms with Gasteiger partial charge in [-0.2, -0.15) is 4.98 Å². The minimum atomic E-state index is 0.355. The van der Waals surface area contributed by atoms with Gasteiger partial charge >= 0.3 is 0 Å². The highest BCUT2D eigenvalue weighted by atomic mass is 79.9. The maximum absolute atomic E-state index is 5.85. The van der Waals surface area contributed by atoms with Gasteiger partial charge in [-0.15, -0.1) is 0 Å². The van der Waals surface area contributed by atoms with Gasteiger partial charge in [0.05, 0.1) is 16.9 Å². The molecular formula is C21H17BrN4O2. The Kier molecular flexibility index (Phi) is 4.44. The van der Waals surface area contributed by atoms with Crippen LogP contribution in [0.4, 0.5) is 0 Å². The molecule has 0 radical (unpaired) electrons. The van der Waals surface area contributed by atoms with Crippen LogP contribution in [0.3, 0.4) is 0 Å². The molecule has 4 aromatic rings. The number of benzene rings is 2. The molecule has 7 heteroatoms. The van der Waals surface area contributed by atoms with Crippen molar-refractivity contribution < 1.29 is 9.26 Å². The van der Waals surface area contributed by atoms with Crippen molar-refractivity contribution in [3.63, 3.8) is 0 Å². The maximum atomic E-state index is 5.85. The van der Waals surface area contributed by atoms with Crippen LogP contribution < -0.4 is 4.74 Å². The topological polar surface area (TPSA) is 66.0 Å². The molecule has 0 saturated heterocycles. The molecule has 2 heterocycles. The zero-order valence-corrected chi connectivity index (χ0v) is 16.5. The fourth-order valence-electron chi connectivity index (χ4n) is 2.90. The van der Waals surface area contributed by atoms with Gasteiger partial charge in [0, 0.05) is 30.1 Å². The summed E-state index contributed by atoms with van der Waals surface area (Å²) in [4.78, 5) is 8.61. The second-order valence-electron chi connectivity index (χ2n) is 6.82. The maximum Gasteiger partial charge on any atom is 0.258 e. The molecule has 140 valence electrons. The fourth-order valence-corrected chi connectivity index (χ4v) is 3.38. The second kappa shape index (κ2) is 7.24. The lowest BCUT2D eigenvalue weighted by atomic mass is 10.1. The Morgan fingerprint density at radius 2 is 1.93 bits per heavy atom. The summed E-state index contributed by atoms with van der Waals surface area (Å²) in [7, 11) is 0. The second-order valence-corrected chi connectivity index (χ2v) is 7.67. The van der Waals surface area contributed by atoms with Crippen molar-refractivity contribution in [3.05, 3.63) is 71.2 Å². The molecule has 5 rings (SSSR count). The number of rotatable bonds is 6. The van der Waals surface area contributed by atoms with Crippen molar-refractivity contribution in [2.75, 3.05) is 0 Å². The van der Waals surface area contributed by atoms with E-state index in [1.807, 2.05) is 41.1 Å². The summed E-state index contributed by atoms with van der Waals surface area (Å²) in [6, 6.07) is 14.0. The van der Waals surface area contributed by atoms with E-state index in [1.165, 1.54) is 5.56 Å². The zero-order valence-electron chi connectivity index (χ0n) is 15.0. The lowest BCUT2D eigenvalue weighted by Crippen LogP contribution is -1.96. The third-order valence-electron chi connectivity index (χ3n) is 4.56. The minimum absolute atomic E-state index is 0.355. The highest BCUT2D eigenvalue weighted by Crippen LogP contribution is 2.35. The molecule has 1 aliphatic rings. The summed E-state index contributed by atoms with van der Waals surface area (Å²) in [5.74, 6) is 1.90. The lowest BCUT2D eigenvalue weighted by Gasteiger charge is -2.07. The van der Waals surface area contributed by atoms with E-state index in [4.69, 9.17) is 9.26 Å². The Balaban J connectivity index is 1.33. The van der Waals surface area contributed by atoms with Crippen molar-refractivity contribution in [2.45, 2.75) is 25.5 Å². The van der Waals surface area contributed by atoms with Crippen molar-refractivity contribution >= 4 is 15.9 Å². The van der Waals surface area contributed by atoms with Gasteiger partial charge in [0.2, 0.25) is 5.82 Å². The van der Waals surface area contributed by atoms with Crippen LogP contribution in [-0.2, 0) is 6.54 Å². The van der Waals surface area contributed by atoms with Gasteiger partial charge in [-0.3, -0.25) is 0 Å². The quantitative estimate of drug-likeness (QED) is 0.427. The van der Waals surface area contributed by atoms with Gasteiger partial charge < -0.3 is 13.8 Å². The third-order valence-corrected chi connectivity index (χ3v) is 5.18. The van der Waals surface area contributed by atoms with Crippen LogP contribution in [0.1, 0.15) is 18.4 Å². The van der Waals surface area contributed by atoms with E-state index < -0.39 is 0 Å². The Morgan fingerprint density at radius 1 is 1.11 bits per heavy atom. The Labute approximate surface area is 170 Å². The van der Waals surface area contributed by atoms with Crippen molar-refractivity contribution in [1.82, 2.24) is 19.7 Å². The number of halogens is 1. The smallest absolute Gasteiger partial charge is 0.258 e. The summed E-state index contributed by atoms with van der Waals surface area (Å²) in [6.07, 6.45) is 8.13. The average Bonchev–Trinajstić information content (AvgIpc) is 3.17. The number of ether oxygens (including phenoxy) is 1. The fraction of sp³-hybridized carbons (Fsp3) is 0.190. The molecule has 2 aromatic carbocycles. The Hall–Kier alpha value is -2.93. The molecule has 0 bridgehead atoms. The molecule has 0 spiro atoms. The molecule has 1 fully saturated rings. The van der Waals surface area contributed by atoms with Crippen molar-refractivity contribution in [2.24, 2.45) is 0 Å². The normalized spacial score (nSPS) is 13.6. The van der Waals surface area contributed by atoms with Crippen LogP contribution in [0.2, 0.25) is 0 Å². The van der Waals surface area contributed by atoms with Crippen LogP contribution in [0.5, 0.6) is 5.75 Å². The van der Waals surface area contributed by atoms with E-state index in [2.05, 4.69) is 43.2 Å².